The van der Waals surface area contributed by atoms with Crippen molar-refractivity contribution in [3.8, 4) is 5.75 Å². The van der Waals surface area contributed by atoms with Crippen LogP contribution in [-0.4, -0.2) is 34.6 Å². The van der Waals surface area contributed by atoms with Gasteiger partial charge in [-0.3, -0.25) is 18.7 Å². The second-order valence-corrected chi connectivity index (χ2v) is 6.64. The third-order valence-electron chi connectivity index (χ3n) is 4.07. The molecule has 2 N–H and O–H groups in total. The molecule has 2 rings (SSSR count). The lowest BCUT2D eigenvalue weighted by Crippen LogP contribution is -2.43. The first kappa shape index (κ1) is 20.9. The zero-order valence-electron chi connectivity index (χ0n) is 16.2. The van der Waals surface area contributed by atoms with Gasteiger partial charge in [0, 0.05) is 13.6 Å². The summed E-state index contributed by atoms with van der Waals surface area (Å²) in [6.45, 7) is 3.30. The van der Waals surface area contributed by atoms with E-state index in [4.69, 9.17) is 15.2 Å². The van der Waals surface area contributed by atoms with E-state index in [1.54, 1.807) is 12.1 Å². The van der Waals surface area contributed by atoms with E-state index in [0.717, 1.165) is 4.57 Å². The van der Waals surface area contributed by atoms with Gasteiger partial charge in [-0.25, -0.2) is 9.59 Å². The molecule has 2 aromatic rings. The number of carbonyl (C=O) groups is 2. The molecule has 0 saturated carbocycles. The molecule has 0 saturated heterocycles. The first-order valence-electron chi connectivity index (χ1n) is 8.61. The first-order valence-corrected chi connectivity index (χ1v) is 8.61. The summed E-state index contributed by atoms with van der Waals surface area (Å²) >= 11 is 0. The van der Waals surface area contributed by atoms with Crippen molar-refractivity contribution in [1.82, 2.24) is 9.13 Å². The molecule has 1 heterocycles. The van der Waals surface area contributed by atoms with Crippen molar-refractivity contribution >= 4 is 17.6 Å². The molecule has 0 aliphatic carbocycles. The van der Waals surface area contributed by atoms with Gasteiger partial charge in [-0.05, 0) is 30.2 Å². The summed E-state index contributed by atoms with van der Waals surface area (Å²) in [6.07, 6.45) is 0. The van der Waals surface area contributed by atoms with Crippen LogP contribution in [0.5, 0.6) is 5.75 Å². The van der Waals surface area contributed by atoms with Gasteiger partial charge < -0.3 is 15.2 Å². The Morgan fingerprint density at radius 2 is 1.75 bits per heavy atom. The molecule has 28 heavy (non-hydrogen) atoms. The quantitative estimate of drug-likeness (QED) is 0.550. The Balaban J connectivity index is 2.26. The zero-order chi connectivity index (χ0) is 21.0. The molecule has 0 fully saturated rings. The summed E-state index contributed by atoms with van der Waals surface area (Å²) in [7, 11) is 2.76. The van der Waals surface area contributed by atoms with Gasteiger partial charge in [0.15, 0.2) is 6.61 Å². The highest BCUT2D eigenvalue weighted by Crippen LogP contribution is 2.13. The van der Waals surface area contributed by atoms with E-state index in [0.29, 0.717) is 5.75 Å². The number of benzene rings is 1. The van der Waals surface area contributed by atoms with Gasteiger partial charge in [0.05, 0.1) is 12.7 Å². The maximum absolute atomic E-state index is 12.5. The lowest BCUT2D eigenvalue weighted by Gasteiger charge is -2.16. The molecule has 0 spiro atoms. The van der Waals surface area contributed by atoms with E-state index in [9.17, 15) is 19.2 Å². The molecular weight excluding hydrogens is 366 g/mol. The molecule has 0 aliphatic heterocycles. The number of esters is 1. The molecular formula is C19H23N3O6. The highest BCUT2D eigenvalue weighted by molar-refractivity contribution is 6.02. The monoisotopic (exact) mass is 389 g/mol. The van der Waals surface area contributed by atoms with Gasteiger partial charge in [-0.15, -0.1) is 0 Å². The molecule has 0 bridgehead atoms. The number of nitrogens with two attached hydrogens (primary N) is 1. The van der Waals surface area contributed by atoms with Crippen molar-refractivity contribution in [2.24, 2.45) is 13.0 Å². The Kier molecular flexibility index (Phi) is 6.40. The fourth-order valence-corrected chi connectivity index (χ4v) is 2.60. The minimum absolute atomic E-state index is 0.0633. The van der Waals surface area contributed by atoms with Gasteiger partial charge in [0.1, 0.15) is 17.1 Å². The predicted molar refractivity (Wildman–Crippen MR) is 103 cm³/mol. The van der Waals surface area contributed by atoms with Crippen LogP contribution in [0.2, 0.25) is 0 Å². The minimum atomic E-state index is -0.826. The normalized spacial score (nSPS) is 10.8. The third kappa shape index (κ3) is 4.30. The molecule has 9 heteroatoms. The number of anilines is 1. The predicted octanol–water partition coefficient (Wildman–Crippen LogP) is 0.833. The van der Waals surface area contributed by atoms with E-state index >= 15 is 0 Å². The molecule has 1 aromatic heterocycles. The summed E-state index contributed by atoms with van der Waals surface area (Å²) in [5, 5.41) is 0. The smallest absolute Gasteiger partial charge is 0.338 e. The second kappa shape index (κ2) is 8.55. The lowest BCUT2D eigenvalue weighted by atomic mass is 10.1. The Labute approximate surface area is 161 Å². The Bertz CT molecular complexity index is 1000. The van der Waals surface area contributed by atoms with Gasteiger partial charge in [0.2, 0.25) is 5.78 Å². The van der Waals surface area contributed by atoms with Crippen LogP contribution in [0.15, 0.2) is 33.9 Å². The molecule has 0 amide bonds. The van der Waals surface area contributed by atoms with E-state index < -0.39 is 29.6 Å². The van der Waals surface area contributed by atoms with Crippen molar-refractivity contribution < 1.29 is 19.1 Å². The fourth-order valence-electron chi connectivity index (χ4n) is 2.60. The number of aromatic nitrogens is 2. The highest BCUT2D eigenvalue weighted by atomic mass is 16.5. The van der Waals surface area contributed by atoms with Crippen LogP contribution in [0, 0.1) is 5.92 Å². The average Bonchev–Trinajstić information content (AvgIpc) is 2.67. The molecule has 9 nitrogen and oxygen atoms in total. The van der Waals surface area contributed by atoms with Crippen LogP contribution in [0.1, 0.15) is 34.6 Å². The lowest BCUT2D eigenvalue weighted by molar-refractivity contribution is 0.0474. The minimum Gasteiger partial charge on any atom is -0.497 e. The highest BCUT2D eigenvalue weighted by Gasteiger charge is 2.23. The van der Waals surface area contributed by atoms with Crippen LogP contribution in [-0.2, 0) is 18.3 Å². The number of rotatable bonds is 7. The molecule has 0 atom stereocenters. The van der Waals surface area contributed by atoms with Crippen molar-refractivity contribution in [3.63, 3.8) is 0 Å². The maximum Gasteiger partial charge on any atom is 0.338 e. The number of carbonyl (C=O) groups excluding carboxylic acids is 2. The molecule has 0 radical (unpaired) electrons. The van der Waals surface area contributed by atoms with Crippen molar-refractivity contribution in [1.29, 1.82) is 0 Å². The number of hydrogen-bond acceptors (Lipinski definition) is 7. The van der Waals surface area contributed by atoms with Crippen LogP contribution >= 0.6 is 0 Å². The standard InChI is InChI=1S/C19H23N3O6/c1-11(2)9-22-16(20)15(17(24)21(3)19(22)26)14(23)10-28-18(25)12-5-7-13(27-4)8-6-12/h5-8,11H,9-10,20H2,1-4H3. The number of ketones is 1. The topological polar surface area (TPSA) is 123 Å². The number of nitrogen functional groups attached to an aromatic ring is 1. The van der Waals surface area contributed by atoms with E-state index in [-0.39, 0.29) is 29.4 Å². The zero-order valence-corrected chi connectivity index (χ0v) is 16.2. The first-order chi connectivity index (χ1) is 13.2. The van der Waals surface area contributed by atoms with Gasteiger partial charge in [-0.2, -0.15) is 0 Å². The van der Waals surface area contributed by atoms with Gasteiger partial charge in [-0.1, -0.05) is 13.8 Å². The Morgan fingerprint density at radius 3 is 2.29 bits per heavy atom. The molecule has 0 aliphatic rings. The number of hydrogen-bond donors (Lipinski definition) is 1. The Morgan fingerprint density at radius 1 is 1.14 bits per heavy atom. The molecule has 150 valence electrons. The SMILES string of the molecule is COc1ccc(C(=O)OCC(=O)c2c(N)n(CC(C)C)c(=O)n(C)c2=O)cc1. The number of methoxy groups -OCH3 is 1. The Hall–Kier alpha value is -3.36. The largest absolute Gasteiger partial charge is 0.497 e. The second-order valence-electron chi connectivity index (χ2n) is 6.64. The molecule has 0 unspecified atom stereocenters. The van der Waals surface area contributed by atoms with Crippen molar-refractivity contribution in [2.75, 3.05) is 19.5 Å². The van der Waals surface area contributed by atoms with Crippen LogP contribution < -0.4 is 21.7 Å². The summed E-state index contributed by atoms with van der Waals surface area (Å²) < 4.78 is 12.0. The van der Waals surface area contributed by atoms with Gasteiger partial charge >= 0.3 is 11.7 Å². The summed E-state index contributed by atoms with van der Waals surface area (Å²) in [5.41, 5.74) is 4.34. The summed E-state index contributed by atoms with van der Waals surface area (Å²) in [4.78, 5) is 49.2. The maximum atomic E-state index is 12.5. The van der Waals surface area contributed by atoms with Gasteiger partial charge in [0.25, 0.3) is 5.56 Å². The van der Waals surface area contributed by atoms with Crippen LogP contribution in [0.4, 0.5) is 5.82 Å². The summed E-state index contributed by atoms with van der Waals surface area (Å²) in [5.74, 6) is -1.11. The van der Waals surface area contributed by atoms with E-state index in [1.165, 1.54) is 30.9 Å². The van der Waals surface area contributed by atoms with Crippen molar-refractivity contribution in [3.05, 3.63) is 56.2 Å². The fraction of sp³-hybridized carbons (Fsp3) is 0.368. The average molecular weight is 389 g/mol. The van der Waals surface area contributed by atoms with E-state index in [2.05, 4.69) is 0 Å². The van der Waals surface area contributed by atoms with Crippen molar-refractivity contribution in [2.45, 2.75) is 20.4 Å². The third-order valence-corrected chi connectivity index (χ3v) is 4.07. The number of ether oxygens (including phenoxy) is 2. The van der Waals surface area contributed by atoms with E-state index in [1.807, 2.05) is 13.8 Å². The van der Waals surface area contributed by atoms with Crippen LogP contribution in [0.25, 0.3) is 0 Å². The molecule has 1 aromatic carbocycles. The number of Topliss-reactive ketones (excluding diaryl/α,β-unsaturated/α-hetero) is 1. The number of nitrogens with zero attached hydrogens (tertiary/aromatic N) is 2. The summed E-state index contributed by atoms with van der Waals surface area (Å²) in [6, 6.07) is 6.13. The van der Waals surface area contributed by atoms with Crippen LogP contribution in [0.3, 0.4) is 0 Å².